The lowest BCUT2D eigenvalue weighted by Gasteiger charge is -2.00. The van der Waals surface area contributed by atoms with Gasteiger partial charge in [-0.15, -0.1) is 0 Å². The number of carboxylic acids is 1. The third kappa shape index (κ3) is 1.18. The van der Waals surface area contributed by atoms with E-state index in [0.717, 1.165) is 5.69 Å². The zero-order chi connectivity index (χ0) is 7.56. The number of aromatic nitrogens is 1. The molecule has 0 saturated heterocycles. The Morgan fingerprint density at radius 3 is 2.90 bits per heavy atom. The zero-order valence-electron chi connectivity index (χ0n) is 5.66. The topological polar surface area (TPSA) is 53.1 Å². The number of H-pyrrole nitrogens is 1. The van der Waals surface area contributed by atoms with Crippen molar-refractivity contribution in [2.75, 3.05) is 0 Å². The fourth-order valence-electron chi connectivity index (χ4n) is 0.747. The van der Waals surface area contributed by atoms with Crippen LogP contribution >= 0.6 is 0 Å². The van der Waals surface area contributed by atoms with Crippen molar-refractivity contribution >= 4 is 5.97 Å². The third-order valence-corrected chi connectivity index (χ3v) is 1.46. The Hall–Kier alpha value is -1.25. The molecule has 54 valence electrons. The number of carboxylic acid groups (broad SMARTS) is 1. The van der Waals surface area contributed by atoms with E-state index >= 15 is 0 Å². The van der Waals surface area contributed by atoms with Crippen molar-refractivity contribution in [1.82, 2.24) is 4.98 Å². The summed E-state index contributed by atoms with van der Waals surface area (Å²) >= 11 is 0. The molecule has 0 aliphatic carbocycles. The highest BCUT2D eigenvalue weighted by Gasteiger charge is 2.12. The second-order valence-electron chi connectivity index (χ2n) is 2.19. The quantitative estimate of drug-likeness (QED) is 0.646. The van der Waals surface area contributed by atoms with Crippen LogP contribution in [0, 0.1) is 0 Å². The SMILES string of the molecule is CC(C(=O)O)c1ccc[nH]1. The van der Waals surface area contributed by atoms with Crippen LogP contribution in [0.3, 0.4) is 0 Å². The number of nitrogens with one attached hydrogen (secondary N) is 1. The lowest BCUT2D eigenvalue weighted by molar-refractivity contribution is -0.138. The van der Waals surface area contributed by atoms with Gasteiger partial charge < -0.3 is 10.1 Å². The van der Waals surface area contributed by atoms with Gasteiger partial charge in [0.25, 0.3) is 0 Å². The lowest BCUT2D eigenvalue weighted by atomic mass is 10.1. The summed E-state index contributed by atoms with van der Waals surface area (Å²) in [4.78, 5) is 13.2. The molecule has 0 amide bonds. The maximum atomic E-state index is 10.4. The van der Waals surface area contributed by atoms with E-state index in [2.05, 4.69) is 4.98 Å². The smallest absolute Gasteiger partial charge is 0.312 e. The molecule has 1 rings (SSSR count). The molecule has 1 aromatic rings. The average Bonchev–Trinajstić information content (AvgIpc) is 2.36. The largest absolute Gasteiger partial charge is 0.481 e. The minimum atomic E-state index is -0.803. The average molecular weight is 139 g/mol. The minimum absolute atomic E-state index is 0.435. The molecule has 0 spiro atoms. The Morgan fingerprint density at radius 1 is 1.80 bits per heavy atom. The predicted molar refractivity (Wildman–Crippen MR) is 36.8 cm³/mol. The molecule has 1 atom stereocenters. The van der Waals surface area contributed by atoms with Gasteiger partial charge in [-0.25, -0.2) is 0 Å². The minimum Gasteiger partial charge on any atom is -0.481 e. The van der Waals surface area contributed by atoms with Gasteiger partial charge in [0.1, 0.15) is 0 Å². The summed E-state index contributed by atoms with van der Waals surface area (Å²) < 4.78 is 0. The van der Waals surface area contributed by atoms with E-state index in [1.807, 2.05) is 0 Å². The van der Waals surface area contributed by atoms with E-state index in [-0.39, 0.29) is 0 Å². The molecular formula is C7H9NO2. The fourth-order valence-corrected chi connectivity index (χ4v) is 0.747. The first kappa shape index (κ1) is 6.86. The third-order valence-electron chi connectivity index (χ3n) is 1.46. The lowest BCUT2D eigenvalue weighted by Crippen LogP contribution is -2.07. The van der Waals surface area contributed by atoms with Crippen molar-refractivity contribution < 1.29 is 9.90 Å². The van der Waals surface area contributed by atoms with Crippen molar-refractivity contribution in [3.05, 3.63) is 24.0 Å². The molecule has 0 fully saturated rings. The van der Waals surface area contributed by atoms with Crippen molar-refractivity contribution in [3.8, 4) is 0 Å². The molecule has 3 heteroatoms. The summed E-state index contributed by atoms with van der Waals surface area (Å²) in [6.07, 6.45) is 1.72. The highest BCUT2D eigenvalue weighted by Crippen LogP contribution is 2.11. The molecule has 0 aliphatic rings. The Morgan fingerprint density at radius 2 is 2.50 bits per heavy atom. The van der Waals surface area contributed by atoms with Crippen LogP contribution in [0.1, 0.15) is 18.5 Å². The first-order chi connectivity index (χ1) is 4.72. The molecule has 0 saturated carbocycles. The summed E-state index contributed by atoms with van der Waals surface area (Å²) in [6, 6.07) is 3.55. The van der Waals surface area contributed by atoms with Crippen LogP contribution in [-0.2, 0) is 4.79 Å². The number of aliphatic carboxylic acids is 1. The fraction of sp³-hybridized carbons (Fsp3) is 0.286. The second kappa shape index (κ2) is 2.56. The van der Waals surface area contributed by atoms with Crippen molar-refractivity contribution in [2.24, 2.45) is 0 Å². The number of rotatable bonds is 2. The molecule has 1 unspecified atom stereocenters. The summed E-state index contributed by atoms with van der Waals surface area (Å²) in [6.45, 7) is 1.65. The molecular weight excluding hydrogens is 130 g/mol. The van der Waals surface area contributed by atoms with Gasteiger partial charge >= 0.3 is 5.97 Å². The van der Waals surface area contributed by atoms with Crippen LogP contribution in [-0.4, -0.2) is 16.1 Å². The van der Waals surface area contributed by atoms with Gasteiger partial charge in [-0.05, 0) is 19.1 Å². The van der Waals surface area contributed by atoms with E-state index in [1.165, 1.54) is 0 Å². The van der Waals surface area contributed by atoms with Gasteiger partial charge in [0.2, 0.25) is 0 Å². The number of hydrogen-bond donors (Lipinski definition) is 2. The maximum absolute atomic E-state index is 10.4. The monoisotopic (exact) mass is 139 g/mol. The van der Waals surface area contributed by atoms with Crippen molar-refractivity contribution in [1.29, 1.82) is 0 Å². The van der Waals surface area contributed by atoms with E-state index in [0.29, 0.717) is 0 Å². The first-order valence-electron chi connectivity index (χ1n) is 3.08. The van der Waals surface area contributed by atoms with Gasteiger partial charge in [0.05, 0.1) is 5.92 Å². The van der Waals surface area contributed by atoms with Crippen LogP contribution < -0.4 is 0 Å². The first-order valence-corrected chi connectivity index (χ1v) is 3.08. The van der Waals surface area contributed by atoms with Crippen LogP contribution in [0.2, 0.25) is 0 Å². The van der Waals surface area contributed by atoms with E-state index in [1.54, 1.807) is 25.3 Å². The van der Waals surface area contributed by atoms with E-state index < -0.39 is 11.9 Å². The predicted octanol–water partition coefficient (Wildman–Crippen LogP) is 1.20. The van der Waals surface area contributed by atoms with Crippen molar-refractivity contribution in [3.63, 3.8) is 0 Å². The molecule has 0 aliphatic heterocycles. The highest BCUT2D eigenvalue weighted by atomic mass is 16.4. The van der Waals surface area contributed by atoms with Gasteiger partial charge in [0.15, 0.2) is 0 Å². The summed E-state index contributed by atoms with van der Waals surface area (Å²) in [5, 5.41) is 8.53. The number of hydrogen-bond acceptors (Lipinski definition) is 1. The van der Waals surface area contributed by atoms with Crippen molar-refractivity contribution in [2.45, 2.75) is 12.8 Å². The molecule has 10 heavy (non-hydrogen) atoms. The highest BCUT2D eigenvalue weighted by molar-refractivity contribution is 5.74. The Bertz CT molecular complexity index is 216. The standard InChI is InChI=1S/C7H9NO2/c1-5(7(9)10)6-3-2-4-8-6/h2-5,8H,1H3,(H,9,10). The number of aromatic amines is 1. The molecule has 0 bridgehead atoms. The normalized spacial score (nSPS) is 12.9. The summed E-state index contributed by atoms with van der Waals surface area (Å²) in [7, 11) is 0. The Balaban J connectivity index is 2.77. The zero-order valence-corrected chi connectivity index (χ0v) is 5.66. The van der Waals surface area contributed by atoms with Crippen LogP contribution in [0.25, 0.3) is 0 Å². The van der Waals surface area contributed by atoms with E-state index in [9.17, 15) is 4.79 Å². The Kier molecular flexibility index (Phi) is 1.76. The maximum Gasteiger partial charge on any atom is 0.312 e. The summed E-state index contributed by atoms with van der Waals surface area (Å²) in [5.74, 6) is -1.24. The van der Waals surface area contributed by atoms with Gasteiger partial charge in [0, 0.05) is 11.9 Å². The molecule has 1 heterocycles. The second-order valence-corrected chi connectivity index (χ2v) is 2.19. The van der Waals surface area contributed by atoms with Crippen LogP contribution in [0.15, 0.2) is 18.3 Å². The number of carbonyl (C=O) groups is 1. The van der Waals surface area contributed by atoms with Crippen LogP contribution in [0.5, 0.6) is 0 Å². The Labute approximate surface area is 58.7 Å². The molecule has 0 radical (unpaired) electrons. The van der Waals surface area contributed by atoms with Gasteiger partial charge in [-0.1, -0.05) is 0 Å². The molecule has 2 N–H and O–H groups in total. The van der Waals surface area contributed by atoms with Gasteiger partial charge in [-0.3, -0.25) is 4.79 Å². The molecule has 0 aromatic carbocycles. The summed E-state index contributed by atoms with van der Waals surface area (Å²) in [5.41, 5.74) is 0.743. The van der Waals surface area contributed by atoms with Crippen LogP contribution in [0.4, 0.5) is 0 Å². The van der Waals surface area contributed by atoms with Gasteiger partial charge in [-0.2, -0.15) is 0 Å². The molecule has 3 nitrogen and oxygen atoms in total. The molecule has 1 aromatic heterocycles. The van der Waals surface area contributed by atoms with E-state index in [4.69, 9.17) is 5.11 Å².